The lowest BCUT2D eigenvalue weighted by Gasteiger charge is -2.23. The van der Waals surface area contributed by atoms with Crippen molar-refractivity contribution in [2.24, 2.45) is 0 Å². The first kappa shape index (κ1) is 27.5. The van der Waals surface area contributed by atoms with Crippen LogP contribution in [0.25, 0.3) is 22.3 Å². The van der Waals surface area contributed by atoms with Crippen molar-refractivity contribution >= 4 is 36.1 Å². The third-order valence-electron chi connectivity index (χ3n) is 6.68. The van der Waals surface area contributed by atoms with Gasteiger partial charge < -0.3 is 35.3 Å². The van der Waals surface area contributed by atoms with Gasteiger partial charge in [0.25, 0.3) is 11.1 Å². The molecule has 1 unspecified atom stereocenters. The molecule has 6 heterocycles. The Balaban J connectivity index is 1.17. The van der Waals surface area contributed by atoms with Crippen LogP contribution in [0, 0.1) is 0 Å². The number of halogens is 1. The zero-order valence-electron chi connectivity index (χ0n) is 20.7. The van der Waals surface area contributed by atoms with Gasteiger partial charge >= 0.3 is 7.82 Å². The second-order valence-electron chi connectivity index (χ2n) is 9.31. The number of H-pyrrole nitrogens is 2. The fraction of sp³-hybridized carbons (Fsp3) is 0.500. The molecule has 4 aromatic heterocycles. The Bertz CT molecular complexity index is 1760. The summed E-state index contributed by atoms with van der Waals surface area (Å²) >= 11 is 0. The molecular weight excluding hydrogens is 576 g/mol. The number of nitrogens with zero attached hydrogens (tertiary/aromatic N) is 6. The largest absolute Gasteiger partial charge is 0.472 e. The van der Waals surface area contributed by atoms with Crippen molar-refractivity contribution in [2.75, 3.05) is 18.9 Å². The van der Waals surface area contributed by atoms with Gasteiger partial charge in [-0.15, -0.1) is 0 Å². The maximum atomic E-state index is 15.0. The number of aromatic amines is 2. The highest BCUT2D eigenvalue weighted by Crippen LogP contribution is 2.50. The summed E-state index contributed by atoms with van der Waals surface area (Å²) < 4.78 is 51.9. The smallest absolute Gasteiger partial charge is 0.394 e. The Hall–Kier alpha value is -3.62. The van der Waals surface area contributed by atoms with Crippen LogP contribution < -0.4 is 16.9 Å². The number of hydrogen-bond donors (Lipinski definition) is 6. The number of nitrogen functional groups attached to an aromatic ring is 1. The molecule has 2 aliphatic heterocycles. The Morgan fingerprint density at radius 3 is 2.56 bits per heavy atom. The fourth-order valence-corrected chi connectivity index (χ4v) is 5.71. The molecule has 220 valence electrons. The number of phosphoric acid groups is 1. The van der Waals surface area contributed by atoms with Crippen molar-refractivity contribution in [3.05, 3.63) is 39.7 Å². The second kappa shape index (κ2) is 10.3. The minimum Gasteiger partial charge on any atom is -0.394 e. The number of aliphatic hydroxyl groups excluding tert-OH is 2. The van der Waals surface area contributed by atoms with E-state index in [4.69, 9.17) is 24.3 Å². The fourth-order valence-electron chi connectivity index (χ4n) is 4.79. The quantitative estimate of drug-likeness (QED) is 0.122. The van der Waals surface area contributed by atoms with Gasteiger partial charge in [-0.25, -0.2) is 23.9 Å². The molecule has 2 aliphatic rings. The molecule has 6 rings (SSSR count). The van der Waals surface area contributed by atoms with Crippen LogP contribution >= 0.6 is 7.82 Å². The minimum absolute atomic E-state index is 0.00214. The molecule has 4 aromatic rings. The van der Waals surface area contributed by atoms with Crippen molar-refractivity contribution in [1.29, 1.82) is 0 Å². The zero-order valence-corrected chi connectivity index (χ0v) is 21.6. The molecule has 2 saturated heterocycles. The molecule has 0 bridgehead atoms. The molecule has 0 aromatic carbocycles. The van der Waals surface area contributed by atoms with Crippen LogP contribution in [0.15, 0.2) is 28.6 Å². The van der Waals surface area contributed by atoms with E-state index >= 15 is 4.39 Å². The third kappa shape index (κ3) is 4.93. The molecule has 0 radical (unpaired) electrons. The number of nitrogens with one attached hydrogen (secondary N) is 2. The molecule has 0 amide bonds. The monoisotopic (exact) mass is 599 g/mol. The van der Waals surface area contributed by atoms with Gasteiger partial charge in [-0.3, -0.25) is 32.8 Å². The van der Waals surface area contributed by atoms with Crippen LogP contribution in [-0.4, -0.2) is 97.9 Å². The van der Waals surface area contributed by atoms with E-state index in [9.17, 15) is 29.3 Å². The van der Waals surface area contributed by atoms with Gasteiger partial charge in [0, 0.05) is 6.42 Å². The summed E-state index contributed by atoms with van der Waals surface area (Å²) in [7, 11) is -4.92. The predicted octanol–water partition coefficient (Wildman–Crippen LogP) is -1.79. The summed E-state index contributed by atoms with van der Waals surface area (Å²) in [6, 6.07) is 0. The van der Waals surface area contributed by atoms with Crippen molar-refractivity contribution in [1.82, 2.24) is 39.0 Å². The van der Waals surface area contributed by atoms with Gasteiger partial charge in [0.05, 0.1) is 38.3 Å². The Kier molecular flexibility index (Phi) is 6.94. The van der Waals surface area contributed by atoms with Crippen LogP contribution in [-0.2, 0) is 23.1 Å². The summed E-state index contributed by atoms with van der Waals surface area (Å²) in [5.41, 5.74) is 4.30. The van der Waals surface area contributed by atoms with E-state index in [-0.39, 0.29) is 34.7 Å². The molecule has 8 atom stereocenters. The lowest BCUT2D eigenvalue weighted by Crippen LogP contribution is -2.31. The number of phosphoric ester groups is 1. The average Bonchev–Trinajstić information content (AvgIpc) is 3.69. The number of imidazole rings is 2. The van der Waals surface area contributed by atoms with E-state index in [1.807, 2.05) is 0 Å². The highest BCUT2D eigenvalue weighted by Gasteiger charge is 2.48. The molecular formula is C20H23FN9O10P. The first-order valence-electron chi connectivity index (χ1n) is 12.1. The lowest BCUT2D eigenvalue weighted by atomic mass is 10.1. The molecule has 21 heteroatoms. The van der Waals surface area contributed by atoms with Crippen LogP contribution in [0.1, 0.15) is 18.9 Å². The molecule has 41 heavy (non-hydrogen) atoms. The van der Waals surface area contributed by atoms with Crippen molar-refractivity contribution in [3.63, 3.8) is 0 Å². The summed E-state index contributed by atoms with van der Waals surface area (Å²) in [6.07, 6.45) is -6.55. The van der Waals surface area contributed by atoms with Crippen LogP contribution in [0.2, 0.25) is 0 Å². The van der Waals surface area contributed by atoms with E-state index in [2.05, 4.69) is 29.9 Å². The van der Waals surface area contributed by atoms with E-state index in [0.29, 0.717) is 0 Å². The molecule has 19 nitrogen and oxygen atoms in total. The molecule has 2 fully saturated rings. The highest BCUT2D eigenvalue weighted by molar-refractivity contribution is 7.47. The number of aromatic nitrogens is 8. The number of fused-ring (bicyclic) bond motifs is 2. The molecule has 0 spiro atoms. The van der Waals surface area contributed by atoms with Crippen LogP contribution in [0.3, 0.4) is 0 Å². The number of alkyl halides is 1. The van der Waals surface area contributed by atoms with Crippen molar-refractivity contribution in [2.45, 2.75) is 49.5 Å². The maximum Gasteiger partial charge on any atom is 0.472 e. The number of nitrogens with two attached hydrogens (primary N) is 1. The topological polar surface area (TPSA) is 268 Å². The standard InChI is InChI=1S/C20H23FN9O10P/c21-10-13(32)9(39-19(10)29-5-25-11-14(29)23-4-24-16(11)33)3-37-41(35,36)40-8-1-7(2-31)38-18(8)30-6-26-12-15(30)27-20(22)28-17(12)34/h4-10,13,18-19,31-32H,1-3H2,(H,35,36)(H,23,24,33)(H3,22,27,28,34)/t7-,8+,9+,10-,13+,18+,19+/m0/s1. The molecule has 7 N–H and O–H groups in total. The molecule has 0 saturated carbocycles. The summed E-state index contributed by atoms with van der Waals surface area (Å²) in [5.74, 6) is -0.208. The van der Waals surface area contributed by atoms with Gasteiger partial charge in [0.2, 0.25) is 5.95 Å². The lowest BCUT2D eigenvalue weighted by molar-refractivity contribution is -0.0600. The Morgan fingerprint density at radius 1 is 1.12 bits per heavy atom. The van der Waals surface area contributed by atoms with E-state index in [0.717, 1.165) is 17.2 Å². The number of hydrogen-bond acceptors (Lipinski definition) is 14. The highest BCUT2D eigenvalue weighted by atomic mass is 31.2. The summed E-state index contributed by atoms with van der Waals surface area (Å²) in [4.78, 5) is 55.0. The number of aliphatic hydroxyl groups is 2. The van der Waals surface area contributed by atoms with Crippen LogP contribution in [0.4, 0.5) is 10.3 Å². The number of ether oxygens (including phenoxy) is 2. The first-order valence-corrected chi connectivity index (χ1v) is 13.6. The van der Waals surface area contributed by atoms with Gasteiger partial charge in [0.1, 0.15) is 18.3 Å². The van der Waals surface area contributed by atoms with Crippen molar-refractivity contribution < 1.29 is 42.6 Å². The van der Waals surface area contributed by atoms with Gasteiger partial charge in [0.15, 0.2) is 41.0 Å². The van der Waals surface area contributed by atoms with E-state index < -0.39 is 75.2 Å². The van der Waals surface area contributed by atoms with Gasteiger partial charge in [-0.1, -0.05) is 0 Å². The number of rotatable bonds is 8. The van der Waals surface area contributed by atoms with E-state index in [1.165, 1.54) is 10.9 Å². The number of anilines is 1. The SMILES string of the molecule is Nc1nc2c(ncn2[C@@H]2O[C@H](CO)C[C@H]2OP(=O)(O)OC[C@H]2O[C@@H](n3cnc4c(=O)[nH]cnc43)[C@@H](F)[C@@H]2O)c(=O)[nH]1. The Morgan fingerprint density at radius 2 is 1.83 bits per heavy atom. The minimum atomic E-state index is -4.92. The predicted molar refractivity (Wildman–Crippen MR) is 132 cm³/mol. The first-order chi connectivity index (χ1) is 19.6. The van der Waals surface area contributed by atoms with Crippen LogP contribution in [0.5, 0.6) is 0 Å². The van der Waals surface area contributed by atoms with Crippen molar-refractivity contribution in [3.8, 4) is 0 Å². The Labute approximate surface area is 226 Å². The second-order valence-corrected chi connectivity index (χ2v) is 10.7. The zero-order chi connectivity index (χ0) is 29.1. The average molecular weight is 599 g/mol. The maximum absolute atomic E-state index is 15.0. The van der Waals surface area contributed by atoms with E-state index in [1.54, 1.807) is 0 Å². The normalized spacial score (nSPS) is 29.9. The van der Waals surface area contributed by atoms with Gasteiger partial charge in [-0.05, 0) is 0 Å². The van der Waals surface area contributed by atoms with Gasteiger partial charge in [-0.2, -0.15) is 4.98 Å². The third-order valence-corrected chi connectivity index (χ3v) is 7.69. The summed E-state index contributed by atoms with van der Waals surface area (Å²) in [6.45, 7) is -1.23. The summed E-state index contributed by atoms with van der Waals surface area (Å²) in [5, 5.41) is 20.0. The molecule has 0 aliphatic carbocycles.